The zero-order valence-corrected chi connectivity index (χ0v) is 19.7. The average Bonchev–Trinajstić information content (AvgIpc) is 3.15. The highest BCUT2D eigenvalue weighted by Crippen LogP contribution is 2.39. The maximum absolute atomic E-state index is 10.4. The minimum Gasteiger partial charge on any atom is -0.504 e. The monoisotopic (exact) mass is 528 g/mol. The normalized spacial score (nSPS) is 11.5. The van der Waals surface area contributed by atoms with Gasteiger partial charge in [-0.15, -0.1) is 0 Å². The lowest BCUT2D eigenvalue weighted by atomic mass is 10.1. The Labute approximate surface area is 190 Å². The number of rotatable bonds is 4. The molecule has 0 atom stereocenters. The van der Waals surface area contributed by atoms with E-state index in [2.05, 4.69) is 47.9 Å². The summed E-state index contributed by atoms with van der Waals surface area (Å²) in [6.07, 6.45) is 1.59. The predicted molar refractivity (Wildman–Crippen MR) is 126 cm³/mol. The van der Waals surface area contributed by atoms with Gasteiger partial charge in [0.1, 0.15) is 5.52 Å². The highest BCUT2D eigenvalue weighted by atomic mass is 79.9. The quantitative estimate of drug-likeness (QED) is 0.286. The van der Waals surface area contributed by atoms with Crippen LogP contribution in [0.3, 0.4) is 0 Å². The number of halogens is 2. The van der Waals surface area contributed by atoms with Gasteiger partial charge in [-0.25, -0.2) is 4.98 Å². The minimum atomic E-state index is 0.0114. The van der Waals surface area contributed by atoms with E-state index in [-0.39, 0.29) is 5.75 Å². The highest BCUT2D eigenvalue weighted by Gasteiger charge is 2.15. The van der Waals surface area contributed by atoms with Gasteiger partial charge in [-0.2, -0.15) is 0 Å². The van der Waals surface area contributed by atoms with E-state index >= 15 is 0 Å². The summed E-state index contributed by atoms with van der Waals surface area (Å²) in [6, 6.07) is 13.4. The molecule has 4 aromatic rings. The lowest BCUT2D eigenvalue weighted by Crippen LogP contribution is -1.91. The second-order valence-corrected chi connectivity index (χ2v) is 8.54. The molecule has 0 saturated heterocycles. The van der Waals surface area contributed by atoms with E-state index in [9.17, 15) is 5.11 Å². The van der Waals surface area contributed by atoms with Crippen molar-refractivity contribution in [1.29, 1.82) is 0 Å². The van der Waals surface area contributed by atoms with Gasteiger partial charge in [0.15, 0.2) is 17.1 Å². The van der Waals surface area contributed by atoms with E-state index in [1.54, 1.807) is 12.3 Å². The molecule has 5 nitrogen and oxygen atoms in total. The number of fused-ring (bicyclic) bond motifs is 1. The molecule has 0 unspecified atom stereocenters. The maximum atomic E-state index is 10.4. The summed E-state index contributed by atoms with van der Waals surface area (Å²) >= 11 is 6.92. The van der Waals surface area contributed by atoms with Crippen LogP contribution in [0.1, 0.15) is 16.7 Å². The Kier molecular flexibility index (Phi) is 5.66. The number of nitrogens with zero attached hydrogens (tertiary/aromatic N) is 2. The lowest BCUT2D eigenvalue weighted by Gasteiger charge is -2.09. The molecule has 1 aromatic heterocycles. The second-order valence-electron chi connectivity index (χ2n) is 6.89. The van der Waals surface area contributed by atoms with Gasteiger partial charge in [0.2, 0.25) is 5.89 Å². The Balaban J connectivity index is 1.72. The van der Waals surface area contributed by atoms with Crippen molar-refractivity contribution in [2.24, 2.45) is 4.99 Å². The number of aromatic hydroxyl groups is 1. The molecule has 0 saturated carbocycles. The maximum Gasteiger partial charge on any atom is 0.227 e. The van der Waals surface area contributed by atoms with Crippen LogP contribution in [0.4, 0.5) is 5.69 Å². The van der Waals surface area contributed by atoms with Crippen molar-refractivity contribution in [1.82, 2.24) is 4.98 Å². The Bertz CT molecular complexity index is 1300. The van der Waals surface area contributed by atoms with Gasteiger partial charge < -0.3 is 14.3 Å². The number of aryl methyl sites for hydroxylation is 2. The van der Waals surface area contributed by atoms with Crippen LogP contribution in [-0.2, 0) is 0 Å². The van der Waals surface area contributed by atoms with Crippen LogP contribution in [0.5, 0.6) is 11.5 Å². The van der Waals surface area contributed by atoms with Crippen molar-refractivity contribution in [3.63, 3.8) is 0 Å². The Morgan fingerprint density at radius 3 is 2.70 bits per heavy atom. The van der Waals surface area contributed by atoms with Gasteiger partial charge in [0.05, 0.1) is 18.4 Å². The molecule has 3 aromatic carbocycles. The zero-order valence-electron chi connectivity index (χ0n) is 16.5. The van der Waals surface area contributed by atoms with Gasteiger partial charge in [0.25, 0.3) is 0 Å². The first-order valence-electron chi connectivity index (χ1n) is 9.14. The minimum absolute atomic E-state index is 0.0114. The Morgan fingerprint density at radius 1 is 1.13 bits per heavy atom. The molecule has 0 bridgehead atoms. The van der Waals surface area contributed by atoms with Crippen molar-refractivity contribution >= 4 is 54.9 Å². The number of benzene rings is 3. The van der Waals surface area contributed by atoms with E-state index in [1.807, 2.05) is 44.2 Å². The number of hydrogen-bond donors (Lipinski definition) is 1. The fourth-order valence-corrected chi connectivity index (χ4v) is 4.07. The molecule has 7 heteroatoms. The molecule has 0 aliphatic heterocycles. The molecule has 30 heavy (non-hydrogen) atoms. The predicted octanol–water partition coefficient (Wildman–Crippen LogP) is 7.10. The van der Waals surface area contributed by atoms with E-state index in [4.69, 9.17) is 9.15 Å². The lowest BCUT2D eigenvalue weighted by molar-refractivity contribution is 0.372. The summed E-state index contributed by atoms with van der Waals surface area (Å²) in [4.78, 5) is 9.16. The van der Waals surface area contributed by atoms with Crippen molar-refractivity contribution in [2.45, 2.75) is 13.8 Å². The van der Waals surface area contributed by atoms with Gasteiger partial charge in [-0.3, -0.25) is 4.99 Å². The van der Waals surface area contributed by atoms with E-state index in [0.717, 1.165) is 32.3 Å². The number of methoxy groups -OCH3 is 1. The number of hydrogen-bond acceptors (Lipinski definition) is 5. The fraction of sp³-hybridized carbons (Fsp3) is 0.130. The SMILES string of the molecule is COc1cc(Br)c(Br)c(C=Nc2cccc(-c3nc4cc(C)cc(C)c4o3)c2)c1O. The summed E-state index contributed by atoms with van der Waals surface area (Å²) in [5.41, 5.74) is 5.88. The Morgan fingerprint density at radius 2 is 1.93 bits per heavy atom. The molecule has 0 aliphatic rings. The average molecular weight is 530 g/mol. The summed E-state index contributed by atoms with van der Waals surface area (Å²) in [5.74, 6) is 0.915. The molecule has 1 heterocycles. The zero-order chi connectivity index (χ0) is 21.4. The van der Waals surface area contributed by atoms with E-state index < -0.39 is 0 Å². The molecular formula is C23H18Br2N2O3. The van der Waals surface area contributed by atoms with Crippen molar-refractivity contribution in [2.75, 3.05) is 7.11 Å². The molecule has 0 aliphatic carbocycles. The van der Waals surface area contributed by atoms with Crippen LogP contribution in [0, 0.1) is 13.8 Å². The number of phenols is 1. The summed E-state index contributed by atoms with van der Waals surface area (Å²) in [6.45, 7) is 4.06. The largest absolute Gasteiger partial charge is 0.504 e. The molecule has 0 spiro atoms. The smallest absolute Gasteiger partial charge is 0.227 e. The standard InChI is InChI=1S/C23H18Br2N2O3/c1-12-7-13(2)22-18(8-12)27-23(30-22)14-5-4-6-15(9-14)26-11-16-20(25)17(24)10-19(29-3)21(16)28/h4-11,28H,1-3H3. The molecule has 0 fully saturated rings. The first-order valence-corrected chi connectivity index (χ1v) is 10.7. The van der Waals surface area contributed by atoms with Crippen LogP contribution in [0.25, 0.3) is 22.6 Å². The number of phenolic OH excluding ortho intramolecular Hbond substituents is 1. The molecular weight excluding hydrogens is 512 g/mol. The van der Waals surface area contributed by atoms with E-state index in [1.165, 1.54) is 7.11 Å². The van der Waals surface area contributed by atoms with Crippen LogP contribution in [-0.4, -0.2) is 23.4 Å². The van der Waals surface area contributed by atoms with Crippen LogP contribution in [0.2, 0.25) is 0 Å². The third kappa shape index (κ3) is 3.87. The van der Waals surface area contributed by atoms with Crippen LogP contribution in [0.15, 0.2) is 60.8 Å². The van der Waals surface area contributed by atoms with Crippen LogP contribution >= 0.6 is 31.9 Å². The summed E-state index contributed by atoms with van der Waals surface area (Å²) in [5, 5.41) is 10.4. The van der Waals surface area contributed by atoms with Crippen LogP contribution < -0.4 is 4.74 Å². The molecule has 0 radical (unpaired) electrons. The first kappa shape index (κ1) is 20.6. The third-order valence-corrected chi connectivity index (χ3v) is 6.68. The molecule has 4 rings (SSSR count). The topological polar surface area (TPSA) is 67.9 Å². The number of oxazole rings is 1. The summed E-state index contributed by atoms with van der Waals surface area (Å²) < 4.78 is 12.7. The molecule has 0 amide bonds. The summed E-state index contributed by atoms with van der Waals surface area (Å²) in [7, 11) is 1.50. The fourth-order valence-electron chi connectivity index (χ4n) is 3.24. The number of aliphatic imine (C=N–C) groups is 1. The highest BCUT2D eigenvalue weighted by molar-refractivity contribution is 9.13. The number of ether oxygens (including phenoxy) is 1. The first-order chi connectivity index (χ1) is 14.4. The van der Waals surface area contributed by atoms with Crippen molar-refractivity contribution in [3.8, 4) is 23.0 Å². The number of aromatic nitrogens is 1. The van der Waals surface area contributed by atoms with Gasteiger partial charge in [-0.05, 0) is 87.2 Å². The third-order valence-electron chi connectivity index (χ3n) is 4.67. The van der Waals surface area contributed by atoms with Gasteiger partial charge >= 0.3 is 0 Å². The molecule has 1 N–H and O–H groups in total. The van der Waals surface area contributed by atoms with Crippen molar-refractivity contribution in [3.05, 3.63) is 68.1 Å². The second kappa shape index (κ2) is 8.24. The van der Waals surface area contributed by atoms with Gasteiger partial charge in [-0.1, -0.05) is 12.1 Å². The van der Waals surface area contributed by atoms with Crippen molar-refractivity contribution < 1.29 is 14.3 Å². The van der Waals surface area contributed by atoms with E-state index in [0.29, 0.717) is 27.4 Å². The molecule has 152 valence electrons. The van der Waals surface area contributed by atoms with Gasteiger partial charge in [0, 0.05) is 20.7 Å². The Hall–Kier alpha value is -2.64.